The summed E-state index contributed by atoms with van der Waals surface area (Å²) in [6, 6.07) is 0. The zero-order chi connectivity index (χ0) is 14.8. The lowest BCUT2D eigenvalue weighted by atomic mass is 9.70. The molecule has 114 valence electrons. The van der Waals surface area contributed by atoms with Gasteiger partial charge in [0.15, 0.2) is 0 Å². The van der Waals surface area contributed by atoms with Gasteiger partial charge in [-0.2, -0.15) is 0 Å². The summed E-state index contributed by atoms with van der Waals surface area (Å²) < 4.78 is 8.83. The van der Waals surface area contributed by atoms with E-state index in [0.29, 0.717) is 25.3 Å². The van der Waals surface area contributed by atoms with E-state index in [0.717, 1.165) is 24.9 Å². The summed E-state index contributed by atoms with van der Waals surface area (Å²) in [5.41, 5.74) is 3.86. The van der Waals surface area contributed by atoms with Crippen LogP contribution in [0, 0.1) is 5.41 Å². The van der Waals surface area contributed by atoms with Gasteiger partial charge in [0.1, 0.15) is 5.54 Å². The normalized spacial score (nSPS) is 32.4. The number of aliphatic carboxylic acids is 1. The Kier molecular flexibility index (Phi) is 4.58. The van der Waals surface area contributed by atoms with Crippen LogP contribution in [-0.2, 0) is 9.59 Å². The monoisotopic (exact) mass is 303 g/mol. The van der Waals surface area contributed by atoms with Gasteiger partial charge in [-0.3, -0.25) is 14.9 Å². The molecular formula is C12H21N3O4S. The molecule has 0 aliphatic carbocycles. The van der Waals surface area contributed by atoms with E-state index >= 15 is 0 Å². The molecule has 0 saturated carbocycles. The highest BCUT2D eigenvalue weighted by molar-refractivity contribution is 7.93. The van der Waals surface area contributed by atoms with Crippen LogP contribution in [0.25, 0.3) is 0 Å². The number of carboxylic acid groups (broad SMARTS) is 1. The van der Waals surface area contributed by atoms with Crippen molar-refractivity contribution < 1.29 is 19.2 Å². The molecule has 2 aliphatic heterocycles. The molecule has 0 bridgehead atoms. The molecular weight excluding hydrogens is 282 g/mol. The Morgan fingerprint density at radius 3 is 2.75 bits per heavy atom. The second kappa shape index (κ2) is 5.88. The maximum Gasteiger partial charge on any atom is 0.326 e. The molecule has 0 unspecified atom stereocenters. The quantitative estimate of drug-likeness (QED) is 0.389. The number of nitrogens with one attached hydrogen (secondary N) is 1. The standard InChI is InChI=1S/C12H21N3O4S/c13-6-9(16)15-7-11(2-1-5-20-19)3-4-14-12(11,8-15)10(17)18/h14,19H,1-8,13H2,(H,17,18)/t11-,12-/m1/s1. The third kappa shape index (κ3) is 2.30. The van der Waals surface area contributed by atoms with E-state index in [1.807, 2.05) is 0 Å². The molecule has 0 spiro atoms. The predicted molar refractivity (Wildman–Crippen MR) is 75.4 cm³/mol. The van der Waals surface area contributed by atoms with Crippen molar-refractivity contribution in [1.82, 2.24) is 10.2 Å². The highest BCUT2D eigenvalue weighted by Gasteiger charge is 2.65. The van der Waals surface area contributed by atoms with Gasteiger partial charge >= 0.3 is 5.97 Å². The lowest BCUT2D eigenvalue weighted by Gasteiger charge is -2.35. The van der Waals surface area contributed by atoms with Crippen molar-refractivity contribution in [3.05, 3.63) is 0 Å². The molecule has 2 fully saturated rings. The minimum absolute atomic E-state index is 0.0989. The summed E-state index contributed by atoms with van der Waals surface area (Å²) in [5, 5.41) is 12.8. The smallest absolute Gasteiger partial charge is 0.326 e. The van der Waals surface area contributed by atoms with Gasteiger partial charge in [-0.05, 0) is 37.8 Å². The molecule has 0 aromatic carbocycles. The Bertz CT molecular complexity index is 408. The molecule has 8 heteroatoms. The summed E-state index contributed by atoms with van der Waals surface area (Å²) in [6.07, 6.45) is 2.13. The van der Waals surface area contributed by atoms with Crippen molar-refractivity contribution in [3.63, 3.8) is 0 Å². The maximum atomic E-state index is 11.8. The number of likely N-dealkylation sites (tertiary alicyclic amines) is 1. The number of amides is 1. The lowest BCUT2D eigenvalue weighted by molar-refractivity contribution is -0.147. The van der Waals surface area contributed by atoms with E-state index in [1.165, 1.54) is 0 Å². The van der Waals surface area contributed by atoms with Crippen LogP contribution in [0.4, 0.5) is 0 Å². The van der Waals surface area contributed by atoms with E-state index in [2.05, 4.69) is 5.32 Å². The van der Waals surface area contributed by atoms with E-state index in [-0.39, 0.29) is 19.0 Å². The highest BCUT2D eigenvalue weighted by Crippen LogP contribution is 2.49. The van der Waals surface area contributed by atoms with Crippen LogP contribution in [0.3, 0.4) is 0 Å². The number of rotatable bonds is 6. The van der Waals surface area contributed by atoms with Crippen LogP contribution in [-0.4, -0.2) is 63.9 Å². The van der Waals surface area contributed by atoms with E-state index in [1.54, 1.807) is 4.90 Å². The minimum atomic E-state index is -1.07. The predicted octanol–water partition coefficient (Wildman–Crippen LogP) is -0.423. The van der Waals surface area contributed by atoms with Gasteiger partial charge in [-0.15, -0.1) is 0 Å². The zero-order valence-electron chi connectivity index (χ0n) is 11.3. The van der Waals surface area contributed by atoms with Crippen molar-refractivity contribution in [2.24, 2.45) is 11.1 Å². The first-order chi connectivity index (χ1) is 9.51. The zero-order valence-corrected chi connectivity index (χ0v) is 12.1. The molecule has 2 atom stereocenters. The molecule has 2 saturated heterocycles. The fourth-order valence-electron chi connectivity index (χ4n) is 3.63. The third-order valence-corrected chi connectivity index (χ3v) is 5.11. The SMILES string of the molecule is NCC(=O)N1C[C@@]2(CCCSO)CCN[C@@]2(C(=O)O)C1. The summed E-state index contributed by atoms with van der Waals surface area (Å²) in [5.74, 6) is -0.542. The number of carbonyl (C=O) groups excluding carboxylic acids is 1. The fraction of sp³-hybridized carbons (Fsp3) is 0.833. The highest BCUT2D eigenvalue weighted by atomic mass is 32.2. The average molecular weight is 303 g/mol. The molecule has 2 heterocycles. The molecule has 1 amide bonds. The van der Waals surface area contributed by atoms with Gasteiger partial charge in [-0.1, -0.05) is 0 Å². The minimum Gasteiger partial charge on any atom is -0.480 e. The van der Waals surface area contributed by atoms with Crippen molar-refractivity contribution in [2.75, 3.05) is 31.9 Å². The van der Waals surface area contributed by atoms with Crippen LogP contribution in [0.1, 0.15) is 19.3 Å². The Labute approximate surface area is 122 Å². The van der Waals surface area contributed by atoms with E-state index in [9.17, 15) is 14.7 Å². The van der Waals surface area contributed by atoms with Crippen LogP contribution < -0.4 is 11.1 Å². The largest absolute Gasteiger partial charge is 0.480 e. The number of nitrogens with two attached hydrogens (primary N) is 1. The van der Waals surface area contributed by atoms with Crippen LogP contribution in [0.2, 0.25) is 0 Å². The second-order valence-electron chi connectivity index (χ2n) is 5.56. The van der Waals surface area contributed by atoms with Crippen LogP contribution in [0.15, 0.2) is 0 Å². The van der Waals surface area contributed by atoms with Crippen molar-refractivity contribution >= 4 is 23.9 Å². The van der Waals surface area contributed by atoms with Gasteiger partial charge in [0.25, 0.3) is 0 Å². The molecule has 2 aliphatic rings. The first kappa shape index (κ1) is 15.6. The molecule has 7 nitrogen and oxygen atoms in total. The van der Waals surface area contributed by atoms with Gasteiger partial charge < -0.3 is 20.3 Å². The average Bonchev–Trinajstić information content (AvgIpc) is 2.91. The van der Waals surface area contributed by atoms with Crippen molar-refractivity contribution in [1.29, 1.82) is 0 Å². The number of carboxylic acids is 1. The Morgan fingerprint density at radius 1 is 1.40 bits per heavy atom. The third-order valence-electron chi connectivity index (χ3n) is 4.64. The van der Waals surface area contributed by atoms with Gasteiger partial charge in [-0.25, -0.2) is 0 Å². The molecule has 2 rings (SSSR count). The van der Waals surface area contributed by atoms with Gasteiger partial charge in [0, 0.05) is 17.7 Å². The molecule has 20 heavy (non-hydrogen) atoms. The summed E-state index contributed by atoms with van der Waals surface area (Å²) in [4.78, 5) is 25.2. The number of hydrogen-bond donors (Lipinski definition) is 4. The number of carbonyl (C=O) groups is 2. The summed E-state index contributed by atoms with van der Waals surface area (Å²) in [7, 11) is 0. The van der Waals surface area contributed by atoms with Crippen LogP contribution >= 0.6 is 12.0 Å². The van der Waals surface area contributed by atoms with E-state index in [4.69, 9.17) is 10.3 Å². The number of hydrogen-bond acceptors (Lipinski definition) is 6. The first-order valence-electron chi connectivity index (χ1n) is 6.74. The van der Waals surface area contributed by atoms with Gasteiger partial charge in [0.2, 0.25) is 5.91 Å². The molecule has 5 N–H and O–H groups in total. The summed E-state index contributed by atoms with van der Waals surface area (Å²) >= 11 is 0.766. The van der Waals surface area contributed by atoms with E-state index < -0.39 is 16.9 Å². The molecule has 0 aromatic rings. The first-order valence-corrected chi connectivity index (χ1v) is 7.68. The van der Waals surface area contributed by atoms with Crippen molar-refractivity contribution in [3.8, 4) is 0 Å². The lowest BCUT2D eigenvalue weighted by Crippen LogP contribution is -2.58. The van der Waals surface area contributed by atoms with Crippen LogP contribution in [0.5, 0.6) is 0 Å². The maximum absolute atomic E-state index is 11.8. The topological polar surface area (TPSA) is 116 Å². The molecule has 0 aromatic heterocycles. The number of fused-ring (bicyclic) bond motifs is 1. The Morgan fingerprint density at radius 2 is 2.15 bits per heavy atom. The van der Waals surface area contributed by atoms with Gasteiger partial charge in [0.05, 0.1) is 13.1 Å². The van der Waals surface area contributed by atoms with Crippen molar-refractivity contribution in [2.45, 2.75) is 24.8 Å². The Hall–Kier alpha value is -0.830. The second-order valence-corrected chi connectivity index (χ2v) is 6.22. The fourth-order valence-corrected chi connectivity index (χ4v) is 3.90. The molecule has 0 radical (unpaired) electrons. The summed E-state index contributed by atoms with van der Waals surface area (Å²) in [6.45, 7) is 1.14. The Balaban J connectivity index is 2.24. The number of nitrogens with zero attached hydrogens (tertiary/aromatic N) is 1.